The number of carbonyl (C=O) groups is 2. The quantitative estimate of drug-likeness (QED) is 0.686. The van der Waals surface area contributed by atoms with Gasteiger partial charge in [-0.1, -0.05) is 37.5 Å². The standard InChI is InChI=1S/C18H26N2O4/c1-24-16-10-6-5-9-14(16)11-19-17(22)18(23)20-12-15(21)13-7-3-2-4-8-13/h5-6,9-10,13,15,21H,2-4,7-8,11-12H2,1H3,(H,19,22)(H,20,23)/t15-/m0/s1. The van der Waals surface area contributed by atoms with Crippen molar-refractivity contribution in [1.82, 2.24) is 10.6 Å². The van der Waals surface area contributed by atoms with E-state index in [0.717, 1.165) is 31.2 Å². The van der Waals surface area contributed by atoms with Crippen molar-refractivity contribution in [3.8, 4) is 5.75 Å². The number of ether oxygens (including phenoxy) is 1. The lowest BCUT2D eigenvalue weighted by molar-refractivity contribution is -0.139. The number of nitrogens with one attached hydrogen (secondary N) is 2. The molecule has 132 valence electrons. The van der Waals surface area contributed by atoms with Gasteiger partial charge in [0, 0.05) is 18.7 Å². The predicted molar refractivity (Wildman–Crippen MR) is 90.4 cm³/mol. The number of amides is 2. The average molecular weight is 334 g/mol. The Morgan fingerprint density at radius 3 is 2.54 bits per heavy atom. The summed E-state index contributed by atoms with van der Waals surface area (Å²) in [5.41, 5.74) is 0.795. The zero-order valence-electron chi connectivity index (χ0n) is 14.1. The smallest absolute Gasteiger partial charge is 0.309 e. The highest BCUT2D eigenvalue weighted by Gasteiger charge is 2.23. The van der Waals surface area contributed by atoms with Crippen LogP contribution in [0.4, 0.5) is 0 Å². The van der Waals surface area contributed by atoms with Crippen LogP contribution in [0, 0.1) is 5.92 Å². The van der Waals surface area contributed by atoms with Gasteiger partial charge in [-0.3, -0.25) is 9.59 Å². The normalized spacial score (nSPS) is 16.2. The van der Waals surface area contributed by atoms with E-state index < -0.39 is 17.9 Å². The highest BCUT2D eigenvalue weighted by atomic mass is 16.5. The van der Waals surface area contributed by atoms with E-state index in [0.29, 0.717) is 5.75 Å². The number of hydrogen-bond acceptors (Lipinski definition) is 4. The zero-order chi connectivity index (χ0) is 17.4. The van der Waals surface area contributed by atoms with Crippen LogP contribution >= 0.6 is 0 Å². The number of aliphatic hydroxyl groups excluding tert-OH is 1. The molecular weight excluding hydrogens is 308 g/mol. The van der Waals surface area contributed by atoms with Gasteiger partial charge in [0.2, 0.25) is 0 Å². The second-order valence-corrected chi connectivity index (χ2v) is 6.17. The fraction of sp³-hybridized carbons (Fsp3) is 0.556. The summed E-state index contributed by atoms with van der Waals surface area (Å²) in [6.45, 7) is 0.326. The lowest BCUT2D eigenvalue weighted by Gasteiger charge is -2.26. The summed E-state index contributed by atoms with van der Waals surface area (Å²) < 4.78 is 5.20. The average Bonchev–Trinajstić information content (AvgIpc) is 2.64. The van der Waals surface area contributed by atoms with Gasteiger partial charge in [0.15, 0.2) is 0 Å². The molecule has 0 unspecified atom stereocenters. The molecule has 0 spiro atoms. The van der Waals surface area contributed by atoms with Gasteiger partial charge in [-0.2, -0.15) is 0 Å². The van der Waals surface area contributed by atoms with E-state index in [2.05, 4.69) is 10.6 Å². The second kappa shape index (κ2) is 9.27. The van der Waals surface area contributed by atoms with Gasteiger partial charge in [-0.05, 0) is 24.8 Å². The topological polar surface area (TPSA) is 87.7 Å². The van der Waals surface area contributed by atoms with Gasteiger partial charge >= 0.3 is 11.8 Å². The maximum absolute atomic E-state index is 11.9. The second-order valence-electron chi connectivity index (χ2n) is 6.17. The maximum Gasteiger partial charge on any atom is 0.309 e. The molecule has 0 saturated heterocycles. The SMILES string of the molecule is COc1ccccc1CNC(=O)C(=O)NC[C@H](O)C1CCCCC1. The maximum atomic E-state index is 11.9. The summed E-state index contributed by atoms with van der Waals surface area (Å²) in [5.74, 6) is -0.557. The Hall–Kier alpha value is -2.08. The van der Waals surface area contributed by atoms with Crippen LogP contribution in [0.3, 0.4) is 0 Å². The molecule has 1 aromatic rings. The highest BCUT2D eigenvalue weighted by Crippen LogP contribution is 2.26. The molecule has 1 aliphatic rings. The summed E-state index contributed by atoms with van der Waals surface area (Å²) in [6.07, 6.45) is 4.83. The Balaban J connectivity index is 1.74. The summed E-state index contributed by atoms with van der Waals surface area (Å²) in [7, 11) is 1.56. The Morgan fingerprint density at radius 1 is 1.17 bits per heavy atom. The summed E-state index contributed by atoms with van der Waals surface area (Å²) in [6, 6.07) is 7.29. The molecule has 1 saturated carbocycles. The molecule has 0 bridgehead atoms. The summed E-state index contributed by atoms with van der Waals surface area (Å²) in [5, 5.41) is 15.2. The number of hydrogen-bond donors (Lipinski definition) is 3. The van der Waals surface area contributed by atoms with Gasteiger partial charge in [-0.15, -0.1) is 0 Å². The largest absolute Gasteiger partial charge is 0.496 e. The third kappa shape index (κ3) is 5.23. The monoisotopic (exact) mass is 334 g/mol. The molecule has 1 aliphatic carbocycles. The van der Waals surface area contributed by atoms with E-state index in [4.69, 9.17) is 4.74 Å². The molecule has 0 heterocycles. The number of methoxy groups -OCH3 is 1. The molecule has 24 heavy (non-hydrogen) atoms. The van der Waals surface area contributed by atoms with Gasteiger partial charge in [0.05, 0.1) is 13.2 Å². The van der Waals surface area contributed by atoms with Crippen LogP contribution in [0.2, 0.25) is 0 Å². The van der Waals surface area contributed by atoms with Crippen molar-refractivity contribution in [2.75, 3.05) is 13.7 Å². The number of aliphatic hydroxyl groups is 1. The molecule has 3 N–H and O–H groups in total. The first-order chi connectivity index (χ1) is 11.6. The minimum atomic E-state index is -0.722. The van der Waals surface area contributed by atoms with Gasteiger partial charge in [0.1, 0.15) is 5.75 Å². The predicted octanol–water partition coefficient (Wildman–Crippen LogP) is 1.37. The minimum absolute atomic E-state index is 0.117. The Morgan fingerprint density at radius 2 is 1.83 bits per heavy atom. The van der Waals surface area contributed by atoms with E-state index >= 15 is 0 Å². The molecule has 2 rings (SSSR count). The van der Waals surface area contributed by atoms with E-state index in [1.165, 1.54) is 6.42 Å². The number of para-hydroxylation sites is 1. The van der Waals surface area contributed by atoms with E-state index in [9.17, 15) is 14.7 Å². The van der Waals surface area contributed by atoms with Crippen LogP contribution in [0.1, 0.15) is 37.7 Å². The van der Waals surface area contributed by atoms with Crippen LogP contribution in [-0.4, -0.2) is 36.7 Å². The van der Waals surface area contributed by atoms with Crippen molar-refractivity contribution in [3.63, 3.8) is 0 Å². The molecule has 1 fully saturated rings. The van der Waals surface area contributed by atoms with Crippen LogP contribution in [0.25, 0.3) is 0 Å². The molecule has 1 aromatic carbocycles. The molecule has 0 aliphatic heterocycles. The van der Waals surface area contributed by atoms with Crippen LogP contribution in [0.15, 0.2) is 24.3 Å². The van der Waals surface area contributed by atoms with Crippen molar-refractivity contribution < 1.29 is 19.4 Å². The number of benzene rings is 1. The molecule has 0 aromatic heterocycles. The van der Waals surface area contributed by atoms with E-state index in [1.54, 1.807) is 13.2 Å². The highest BCUT2D eigenvalue weighted by molar-refractivity contribution is 6.35. The lowest BCUT2D eigenvalue weighted by atomic mass is 9.85. The van der Waals surface area contributed by atoms with Crippen LogP contribution in [-0.2, 0) is 16.1 Å². The van der Waals surface area contributed by atoms with Gasteiger partial charge in [0.25, 0.3) is 0 Å². The first-order valence-corrected chi connectivity index (χ1v) is 8.47. The number of carbonyl (C=O) groups excluding carboxylic acids is 2. The van der Waals surface area contributed by atoms with Crippen molar-refractivity contribution in [2.24, 2.45) is 5.92 Å². The van der Waals surface area contributed by atoms with Crippen molar-refractivity contribution in [3.05, 3.63) is 29.8 Å². The Kier molecular flexibility index (Phi) is 7.06. The van der Waals surface area contributed by atoms with Crippen molar-refractivity contribution >= 4 is 11.8 Å². The molecule has 1 atom stereocenters. The van der Waals surface area contributed by atoms with Crippen molar-refractivity contribution in [1.29, 1.82) is 0 Å². The fourth-order valence-electron chi connectivity index (χ4n) is 3.07. The first-order valence-electron chi connectivity index (χ1n) is 8.47. The Labute approximate surface area is 142 Å². The molecular formula is C18H26N2O4. The third-order valence-corrected chi connectivity index (χ3v) is 4.50. The molecule has 2 amide bonds. The molecule has 6 heteroatoms. The third-order valence-electron chi connectivity index (χ3n) is 4.50. The Bertz CT molecular complexity index is 556. The van der Waals surface area contributed by atoms with Gasteiger partial charge in [-0.25, -0.2) is 0 Å². The summed E-state index contributed by atoms with van der Waals surface area (Å²) in [4.78, 5) is 23.7. The zero-order valence-corrected chi connectivity index (χ0v) is 14.1. The molecule has 6 nitrogen and oxygen atoms in total. The van der Waals surface area contributed by atoms with Gasteiger partial charge < -0.3 is 20.5 Å². The van der Waals surface area contributed by atoms with E-state index in [1.807, 2.05) is 18.2 Å². The number of rotatable bonds is 6. The van der Waals surface area contributed by atoms with Crippen molar-refractivity contribution in [2.45, 2.75) is 44.8 Å². The minimum Gasteiger partial charge on any atom is -0.496 e. The van der Waals surface area contributed by atoms with Crippen LogP contribution < -0.4 is 15.4 Å². The molecule has 0 radical (unpaired) electrons. The fourth-order valence-corrected chi connectivity index (χ4v) is 3.07. The first kappa shape index (κ1) is 18.3. The van der Waals surface area contributed by atoms with E-state index in [-0.39, 0.29) is 19.0 Å². The van der Waals surface area contributed by atoms with Crippen LogP contribution in [0.5, 0.6) is 5.75 Å². The summed E-state index contributed by atoms with van der Waals surface area (Å²) >= 11 is 0. The lowest BCUT2D eigenvalue weighted by Crippen LogP contribution is -2.44.